The van der Waals surface area contributed by atoms with Gasteiger partial charge in [-0.25, -0.2) is 21.2 Å². The Hall–Kier alpha value is -3.30. The zero-order chi connectivity index (χ0) is 29.4. The molecule has 9 heteroatoms. The van der Waals surface area contributed by atoms with E-state index < -0.39 is 37.0 Å². The highest BCUT2D eigenvalue weighted by atomic mass is 35.5. The molecule has 1 aliphatic heterocycles. The second-order valence-corrected chi connectivity index (χ2v) is 14.6. The van der Waals surface area contributed by atoms with Crippen LogP contribution in [0.4, 0.5) is 4.39 Å². The third kappa shape index (κ3) is 5.88. The van der Waals surface area contributed by atoms with E-state index in [0.717, 1.165) is 11.1 Å². The monoisotopic (exact) mass is 609 g/mol. The number of alkyl halides is 1. The minimum atomic E-state index is -4.16. The van der Waals surface area contributed by atoms with E-state index in [1.54, 1.807) is 48.5 Å². The van der Waals surface area contributed by atoms with E-state index in [1.807, 2.05) is 19.9 Å². The maximum Gasteiger partial charge on any atom is 0.243 e. The fraction of sp³-hybridized carbons (Fsp3) is 0.188. The number of sulfone groups is 1. The molecule has 2 atom stereocenters. The highest BCUT2D eigenvalue weighted by Gasteiger charge is 2.42. The number of halogens is 2. The van der Waals surface area contributed by atoms with Gasteiger partial charge in [-0.3, -0.25) is 0 Å². The van der Waals surface area contributed by atoms with Crippen LogP contribution in [0.2, 0.25) is 0 Å². The lowest BCUT2D eigenvalue weighted by Crippen LogP contribution is -2.43. The summed E-state index contributed by atoms with van der Waals surface area (Å²) >= 11 is 7.07. The predicted molar refractivity (Wildman–Crippen MR) is 160 cm³/mol. The molecule has 1 heterocycles. The molecule has 0 bridgehead atoms. The first-order valence-corrected chi connectivity index (χ1v) is 16.4. The van der Waals surface area contributed by atoms with E-state index in [1.165, 1.54) is 52.8 Å². The molecule has 0 spiro atoms. The Morgan fingerprint density at radius 1 is 0.756 bits per heavy atom. The van der Waals surface area contributed by atoms with Crippen LogP contribution in [-0.2, 0) is 19.9 Å². The molecule has 5 nitrogen and oxygen atoms in total. The number of nitrogens with zero attached hydrogens (tertiary/aromatic N) is 1. The molecule has 0 saturated heterocycles. The Balaban J connectivity index is 1.75. The fourth-order valence-corrected chi connectivity index (χ4v) is 8.60. The Labute approximate surface area is 245 Å². The van der Waals surface area contributed by atoms with Crippen molar-refractivity contribution in [3.8, 4) is 0 Å². The molecule has 0 amide bonds. The summed E-state index contributed by atoms with van der Waals surface area (Å²) in [5.74, 6) is -1.21. The second kappa shape index (κ2) is 11.5. The van der Waals surface area contributed by atoms with E-state index in [4.69, 9.17) is 11.6 Å². The first-order valence-electron chi connectivity index (χ1n) is 13.0. The number of hydrogen-bond acceptors (Lipinski definition) is 4. The van der Waals surface area contributed by atoms with Crippen LogP contribution < -0.4 is 0 Å². The van der Waals surface area contributed by atoms with Gasteiger partial charge in [0.25, 0.3) is 0 Å². The molecule has 212 valence electrons. The zero-order valence-corrected chi connectivity index (χ0v) is 24.9. The zero-order valence-electron chi connectivity index (χ0n) is 22.5. The summed E-state index contributed by atoms with van der Waals surface area (Å²) in [5.41, 5.74) is 3.41. The molecule has 5 rings (SSSR count). The van der Waals surface area contributed by atoms with Crippen molar-refractivity contribution in [1.82, 2.24) is 4.31 Å². The molecule has 4 aromatic rings. The molecule has 0 saturated carbocycles. The summed E-state index contributed by atoms with van der Waals surface area (Å²) in [6, 6.07) is 27.6. The van der Waals surface area contributed by atoms with Gasteiger partial charge in [0.2, 0.25) is 19.9 Å². The van der Waals surface area contributed by atoms with Crippen LogP contribution in [0, 0.1) is 25.6 Å². The molecule has 41 heavy (non-hydrogen) atoms. The molecule has 0 fully saturated rings. The minimum absolute atomic E-state index is 0.0350. The second-order valence-electron chi connectivity index (χ2n) is 10.2. The van der Waals surface area contributed by atoms with Gasteiger partial charge in [0.15, 0.2) is 0 Å². The average Bonchev–Trinajstić information content (AvgIpc) is 2.97. The van der Waals surface area contributed by atoms with E-state index >= 15 is 0 Å². The molecule has 0 unspecified atom stereocenters. The van der Waals surface area contributed by atoms with Crippen molar-refractivity contribution < 1.29 is 21.2 Å². The number of aryl methyl sites for hydroxylation is 2. The third-order valence-corrected chi connectivity index (χ3v) is 11.6. The van der Waals surface area contributed by atoms with E-state index in [0.29, 0.717) is 16.7 Å². The van der Waals surface area contributed by atoms with Gasteiger partial charge in [-0.2, -0.15) is 4.31 Å². The van der Waals surface area contributed by atoms with Gasteiger partial charge < -0.3 is 0 Å². The summed E-state index contributed by atoms with van der Waals surface area (Å²) in [6.07, 6.45) is 0. The first-order chi connectivity index (χ1) is 19.5. The molecule has 4 aromatic carbocycles. The number of benzene rings is 4. The van der Waals surface area contributed by atoms with Crippen LogP contribution in [0.3, 0.4) is 0 Å². The largest absolute Gasteiger partial charge is 0.243 e. The molecule has 1 aliphatic rings. The first kappa shape index (κ1) is 29.2. The average molecular weight is 610 g/mol. The fourth-order valence-electron chi connectivity index (χ4n) is 5.07. The molecule has 0 aromatic heterocycles. The van der Waals surface area contributed by atoms with Crippen LogP contribution in [-0.4, -0.2) is 34.2 Å². The highest BCUT2D eigenvalue weighted by molar-refractivity contribution is 7.95. The van der Waals surface area contributed by atoms with Crippen molar-refractivity contribution in [3.63, 3.8) is 0 Å². The smallest absolute Gasteiger partial charge is 0.219 e. The Bertz CT molecular complexity index is 1790. The van der Waals surface area contributed by atoms with Crippen LogP contribution >= 0.6 is 11.6 Å². The number of hydrogen-bond donors (Lipinski definition) is 0. The molecule has 0 N–H and O–H groups in total. The van der Waals surface area contributed by atoms with Crippen LogP contribution in [0.25, 0.3) is 5.57 Å². The standard InChI is InChI=1S/C32H29ClFNO4S2/c1-22-8-16-27(17-9-22)40(36,37)30-21-35(41(38,39)28-18-10-23(2)11-19-28)20-29(31(30)24-6-4-3-5-7-24)32(33)25-12-14-26(34)15-13-25/h3-19,29,32H,20-21H2,1-2H3/t29-,32-/m1/s1. The topological polar surface area (TPSA) is 71.5 Å². The van der Waals surface area contributed by atoms with Crippen molar-refractivity contribution in [2.75, 3.05) is 13.1 Å². The SMILES string of the molecule is Cc1ccc(S(=O)(=O)C2=C(c3ccccc3)[C@H]([C@H](Cl)c3ccc(F)cc3)CN(S(=O)(=O)c3ccc(C)cc3)C2)cc1. The van der Waals surface area contributed by atoms with Crippen molar-refractivity contribution >= 4 is 37.0 Å². The van der Waals surface area contributed by atoms with Crippen molar-refractivity contribution in [3.05, 3.63) is 136 Å². The maximum atomic E-state index is 14.3. The summed E-state index contributed by atoms with van der Waals surface area (Å²) < 4.78 is 71.5. The summed E-state index contributed by atoms with van der Waals surface area (Å²) in [6.45, 7) is 3.28. The molecule has 0 aliphatic carbocycles. The van der Waals surface area contributed by atoms with E-state index in [9.17, 15) is 21.2 Å². The lowest BCUT2D eigenvalue weighted by Gasteiger charge is -2.38. The lowest BCUT2D eigenvalue weighted by molar-refractivity contribution is 0.379. The van der Waals surface area contributed by atoms with Crippen molar-refractivity contribution in [1.29, 1.82) is 0 Å². The van der Waals surface area contributed by atoms with Crippen LogP contribution in [0.15, 0.2) is 118 Å². The molecular weight excluding hydrogens is 581 g/mol. The number of sulfonamides is 1. The van der Waals surface area contributed by atoms with Crippen molar-refractivity contribution in [2.45, 2.75) is 29.0 Å². The van der Waals surface area contributed by atoms with Gasteiger partial charge in [-0.1, -0.05) is 77.9 Å². The third-order valence-electron chi connectivity index (χ3n) is 7.33. The van der Waals surface area contributed by atoms with Gasteiger partial charge in [0.05, 0.1) is 26.6 Å². The predicted octanol–water partition coefficient (Wildman–Crippen LogP) is 6.93. The Kier molecular flexibility index (Phi) is 8.21. The number of rotatable bonds is 7. The summed E-state index contributed by atoms with van der Waals surface area (Å²) in [5, 5.41) is -0.856. The Morgan fingerprint density at radius 2 is 1.29 bits per heavy atom. The quantitative estimate of drug-likeness (QED) is 0.213. The van der Waals surface area contributed by atoms with E-state index in [-0.39, 0.29) is 27.8 Å². The van der Waals surface area contributed by atoms with Crippen LogP contribution in [0.1, 0.15) is 27.6 Å². The normalized spacial score (nSPS) is 17.4. The Morgan fingerprint density at radius 3 is 1.85 bits per heavy atom. The van der Waals surface area contributed by atoms with Gasteiger partial charge in [-0.05, 0) is 66.9 Å². The molecule has 0 radical (unpaired) electrons. The maximum absolute atomic E-state index is 14.3. The molecular formula is C32H29ClFNO4S2. The minimum Gasteiger partial charge on any atom is -0.219 e. The summed E-state index contributed by atoms with van der Waals surface area (Å²) in [4.78, 5) is 0.0880. The lowest BCUT2D eigenvalue weighted by atomic mass is 9.84. The van der Waals surface area contributed by atoms with Gasteiger partial charge in [0.1, 0.15) is 5.82 Å². The van der Waals surface area contributed by atoms with E-state index in [2.05, 4.69) is 0 Å². The van der Waals surface area contributed by atoms with Gasteiger partial charge >= 0.3 is 0 Å². The van der Waals surface area contributed by atoms with Gasteiger partial charge in [-0.15, -0.1) is 11.6 Å². The van der Waals surface area contributed by atoms with Gasteiger partial charge in [0, 0.05) is 12.5 Å². The highest BCUT2D eigenvalue weighted by Crippen LogP contribution is 2.46. The summed E-state index contributed by atoms with van der Waals surface area (Å²) in [7, 11) is -8.26. The van der Waals surface area contributed by atoms with Crippen LogP contribution in [0.5, 0.6) is 0 Å². The van der Waals surface area contributed by atoms with Crippen molar-refractivity contribution in [2.24, 2.45) is 5.92 Å².